The van der Waals surface area contributed by atoms with E-state index in [0.717, 1.165) is 6.42 Å². The van der Waals surface area contributed by atoms with E-state index in [0.29, 0.717) is 13.2 Å². The van der Waals surface area contributed by atoms with Gasteiger partial charge in [0.25, 0.3) is 0 Å². The zero-order chi connectivity index (χ0) is 9.68. The molecule has 0 aromatic carbocycles. The molecule has 13 heavy (non-hydrogen) atoms. The van der Waals surface area contributed by atoms with Crippen LogP contribution in [0.2, 0.25) is 0 Å². The Morgan fingerprint density at radius 3 is 3.23 bits per heavy atom. The molecule has 1 saturated heterocycles. The second kappa shape index (κ2) is 5.11. The molecule has 0 radical (unpaired) electrons. The highest BCUT2D eigenvalue weighted by molar-refractivity contribution is 8.14. The molecule has 0 unspecified atom stereocenters. The normalized spacial score (nSPS) is 26.8. The van der Waals surface area contributed by atoms with Crippen LogP contribution in [0.4, 0.5) is 0 Å². The maximum atomic E-state index is 10.7. The SMILES string of the molecule is CC(=O)S[C@H]1CO[C@@H](CN=[N+]=[N-])C1. The number of azide groups is 1. The first-order valence-electron chi connectivity index (χ1n) is 4.02. The zero-order valence-electron chi connectivity index (χ0n) is 7.34. The molecule has 1 heterocycles. The van der Waals surface area contributed by atoms with Crippen molar-refractivity contribution in [2.75, 3.05) is 13.2 Å². The maximum Gasteiger partial charge on any atom is 0.186 e. The van der Waals surface area contributed by atoms with Crippen molar-refractivity contribution >= 4 is 16.9 Å². The van der Waals surface area contributed by atoms with Gasteiger partial charge in [0, 0.05) is 17.1 Å². The number of nitrogens with zero attached hydrogens (tertiary/aromatic N) is 3. The number of carbonyl (C=O) groups excluding carboxylic acids is 1. The van der Waals surface area contributed by atoms with Crippen LogP contribution in [0.5, 0.6) is 0 Å². The first kappa shape index (κ1) is 10.4. The number of carbonyl (C=O) groups is 1. The Hall–Kier alpha value is -0.710. The molecule has 6 heteroatoms. The highest BCUT2D eigenvalue weighted by atomic mass is 32.2. The molecule has 1 rings (SSSR count). The molecule has 1 aliphatic rings. The molecule has 0 amide bonds. The topological polar surface area (TPSA) is 75.1 Å². The van der Waals surface area contributed by atoms with Crippen LogP contribution in [-0.2, 0) is 9.53 Å². The molecule has 0 aliphatic carbocycles. The summed E-state index contributed by atoms with van der Waals surface area (Å²) < 4.78 is 5.33. The summed E-state index contributed by atoms with van der Waals surface area (Å²) in [6.07, 6.45) is 0.788. The Bertz CT molecular complexity index is 230. The third-order valence-corrected chi connectivity index (χ3v) is 2.72. The van der Waals surface area contributed by atoms with Gasteiger partial charge in [-0.05, 0) is 12.0 Å². The fourth-order valence-electron chi connectivity index (χ4n) is 1.24. The van der Waals surface area contributed by atoms with Gasteiger partial charge in [0.2, 0.25) is 0 Å². The Morgan fingerprint density at radius 1 is 1.85 bits per heavy atom. The molecule has 72 valence electrons. The monoisotopic (exact) mass is 201 g/mol. The minimum Gasteiger partial charge on any atom is -0.377 e. The molecule has 2 atom stereocenters. The Labute approximate surface area is 80.5 Å². The summed E-state index contributed by atoms with van der Waals surface area (Å²) in [7, 11) is 0. The van der Waals surface area contributed by atoms with Gasteiger partial charge in [-0.2, -0.15) is 0 Å². The van der Waals surface area contributed by atoms with E-state index in [1.54, 1.807) is 6.92 Å². The van der Waals surface area contributed by atoms with E-state index in [-0.39, 0.29) is 16.5 Å². The van der Waals surface area contributed by atoms with Gasteiger partial charge in [0.05, 0.1) is 19.3 Å². The zero-order valence-corrected chi connectivity index (χ0v) is 8.16. The molecular formula is C7H11N3O2S. The number of hydrogen-bond donors (Lipinski definition) is 0. The summed E-state index contributed by atoms with van der Waals surface area (Å²) in [5, 5.41) is 3.77. The molecule has 5 nitrogen and oxygen atoms in total. The van der Waals surface area contributed by atoms with E-state index >= 15 is 0 Å². The van der Waals surface area contributed by atoms with Crippen LogP contribution in [0.15, 0.2) is 5.11 Å². The lowest BCUT2D eigenvalue weighted by molar-refractivity contribution is -0.109. The number of ether oxygens (including phenoxy) is 1. The van der Waals surface area contributed by atoms with Crippen LogP contribution in [0.1, 0.15) is 13.3 Å². The largest absolute Gasteiger partial charge is 0.377 e. The molecule has 0 spiro atoms. The minimum absolute atomic E-state index is 0.00671. The number of rotatable bonds is 3. The number of hydrogen-bond acceptors (Lipinski definition) is 4. The molecule has 1 fully saturated rings. The van der Waals surface area contributed by atoms with Crippen molar-refractivity contribution in [3.8, 4) is 0 Å². The van der Waals surface area contributed by atoms with Crippen LogP contribution in [0.25, 0.3) is 10.4 Å². The average Bonchev–Trinajstić information content (AvgIpc) is 2.48. The molecule has 0 saturated carbocycles. The van der Waals surface area contributed by atoms with Crippen LogP contribution in [0.3, 0.4) is 0 Å². The molecule has 0 N–H and O–H groups in total. The summed E-state index contributed by atoms with van der Waals surface area (Å²) in [4.78, 5) is 13.4. The van der Waals surface area contributed by atoms with Gasteiger partial charge in [0.1, 0.15) is 0 Å². The molecule has 0 bridgehead atoms. The highest BCUT2D eigenvalue weighted by Gasteiger charge is 2.26. The quantitative estimate of drug-likeness (QED) is 0.396. The van der Waals surface area contributed by atoms with Crippen LogP contribution in [0, 0.1) is 0 Å². The molecule has 1 aliphatic heterocycles. The van der Waals surface area contributed by atoms with E-state index in [2.05, 4.69) is 10.0 Å². The summed E-state index contributed by atoms with van der Waals surface area (Å²) in [5.41, 5.74) is 8.08. The summed E-state index contributed by atoms with van der Waals surface area (Å²) in [6, 6.07) is 0. The molecule has 0 aromatic heterocycles. The highest BCUT2D eigenvalue weighted by Crippen LogP contribution is 2.25. The lowest BCUT2D eigenvalue weighted by Crippen LogP contribution is -2.09. The van der Waals surface area contributed by atoms with Crippen LogP contribution in [-0.4, -0.2) is 29.6 Å². The predicted molar refractivity (Wildman–Crippen MR) is 50.4 cm³/mol. The summed E-state index contributed by atoms with van der Waals surface area (Å²) in [5.74, 6) is 0. The van der Waals surface area contributed by atoms with Crippen molar-refractivity contribution in [3.05, 3.63) is 10.4 Å². The average molecular weight is 201 g/mol. The molecule has 0 aromatic rings. The van der Waals surface area contributed by atoms with Gasteiger partial charge >= 0.3 is 0 Å². The fraction of sp³-hybridized carbons (Fsp3) is 0.857. The Kier molecular flexibility index (Phi) is 4.08. The van der Waals surface area contributed by atoms with Crippen molar-refractivity contribution in [1.29, 1.82) is 0 Å². The van der Waals surface area contributed by atoms with Gasteiger partial charge in [-0.15, -0.1) is 0 Å². The van der Waals surface area contributed by atoms with Crippen LogP contribution < -0.4 is 0 Å². The second-order valence-electron chi connectivity index (χ2n) is 2.84. The van der Waals surface area contributed by atoms with Crippen molar-refractivity contribution < 1.29 is 9.53 Å². The third-order valence-electron chi connectivity index (χ3n) is 1.72. The Balaban J connectivity index is 2.27. The van der Waals surface area contributed by atoms with Crippen LogP contribution >= 0.6 is 11.8 Å². The van der Waals surface area contributed by atoms with E-state index in [9.17, 15) is 4.79 Å². The van der Waals surface area contributed by atoms with Gasteiger partial charge in [-0.1, -0.05) is 16.9 Å². The third kappa shape index (κ3) is 3.67. The van der Waals surface area contributed by atoms with Gasteiger partial charge in [-0.25, -0.2) is 0 Å². The van der Waals surface area contributed by atoms with Crippen molar-refractivity contribution in [3.63, 3.8) is 0 Å². The van der Waals surface area contributed by atoms with Gasteiger partial charge in [0.15, 0.2) is 5.12 Å². The minimum atomic E-state index is -0.00671. The second-order valence-corrected chi connectivity index (χ2v) is 4.31. The maximum absolute atomic E-state index is 10.7. The van der Waals surface area contributed by atoms with E-state index < -0.39 is 0 Å². The van der Waals surface area contributed by atoms with Crippen molar-refractivity contribution in [2.24, 2.45) is 5.11 Å². The summed E-state index contributed by atoms with van der Waals surface area (Å²) in [6.45, 7) is 2.49. The first-order valence-corrected chi connectivity index (χ1v) is 4.90. The fourth-order valence-corrected chi connectivity index (χ4v) is 2.17. The lowest BCUT2D eigenvalue weighted by atomic mass is 10.2. The van der Waals surface area contributed by atoms with Gasteiger partial charge < -0.3 is 4.74 Å². The Morgan fingerprint density at radius 2 is 2.62 bits per heavy atom. The van der Waals surface area contributed by atoms with E-state index in [1.807, 2.05) is 0 Å². The van der Waals surface area contributed by atoms with E-state index in [4.69, 9.17) is 10.3 Å². The predicted octanol–water partition coefficient (Wildman–Crippen LogP) is 1.73. The van der Waals surface area contributed by atoms with E-state index in [1.165, 1.54) is 11.8 Å². The first-order chi connectivity index (χ1) is 6.22. The van der Waals surface area contributed by atoms with Crippen molar-refractivity contribution in [2.45, 2.75) is 24.7 Å². The lowest BCUT2D eigenvalue weighted by Gasteiger charge is -2.03. The summed E-state index contributed by atoms with van der Waals surface area (Å²) >= 11 is 1.30. The number of thioether (sulfide) groups is 1. The molecular weight excluding hydrogens is 190 g/mol. The smallest absolute Gasteiger partial charge is 0.186 e. The standard InChI is InChI=1S/C7H11N3O2S/c1-5(11)13-7-2-6(12-4-7)3-9-10-8/h6-7H,2-4H2,1H3/t6-,7-/m1/s1. The van der Waals surface area contributed by atoms with Crippen molar-refractivity contribution in [1.82, 2.24) is 0 Å². The van der Waals surface area contributed by atoms with Gasteiger partial charge in [-0.3, -0.25) is 4.79 Å².